The van der Waals surface area contributed by atoms with Gasteiger partial charge in [-0.2, -0.15) is 13.2 Å². The van der Waals surface area contributed by atoms with Crippen molar-refractivity contribution in [2.24, 2.45) is 35.1 Å². The van der Waals surface area contributed by atoms with Crippen LogP contribution in [0.4, 0.5) is 13.2 Å². The zero-order valence-electron chi connectivity index (χ0n) is 67.5. The van der Waals surface area contributed by atoms with E-state index in [4.69, 9.17) is 65.2 Å². The molecule has 0 spiro atoms. The zero-order valence-corrected chi connectivity index (χ0v) is 71.4. The molecule has 3 amide bonds. The quantitative estimate of drug-likeness (QED) is 0.0133. The molecule has 5 N–H and O–H groups in total. The van der Waals surface area contributed by atoms with Gasteiger partial charge in [0.15, 0.2) is 5.78 Å². The lowest BCUT2D eigenvalue weighted by molar-refractivity contribution is -0.156. The molecule has 5 aliphatic carbocycles. The lowest BCUT2D eigenvalue weighted by atomic mass is 9.94. The van der Waals surface area contributed by atoms with Crippen molar-refractivity contribution in [3.63, 3.8) is 0 Å². The smallest absolute Gasteiger partial charge is 0.446 e. The monoisotopic (exact) mass is 1730 g/mol. The van der Waals surface area contributed by atoms with Crippen LogP contribution in [0.5, 0.6) is 23.0 Å². The summed E-state index contributed by atoms with van der Waals surface area (Å²) in [6.45, 7) is 31.7. The van der Waals surface area contributed by atoms with Crippen LogP contribution in [-0.4, -0.2) is 190 Å². The van der Waals surface area contributed by atoms with Crippen molar-refractivity contribution in [3.8, 4) is 23.0 Å². The maximum Gasteiger partial charge on any atom is 0.446 e. The SMILES string of the molecule is C.CCN(CC)[C@@H]1[C@@H](C)CC[C@H]1Oc1ccc2c(c1)CN(C1CCC(=O)NC1=O)C2=O.CCN(CC)[C@@H]1[C@@H](C)CC[C@H]1Oc1ccc2c(c1)COC2=O.CCOC(=O)c1ccc(O[C@@H]2CC[C@H](C)[C@H]2N(CC)CC)cc1CCl.C[C@H]1CC[C@@H](Oc2ccc3c(c2)COC3=O)[C@@H]1N.Cl.NC1CCC(=O)CC1=O.O=CC(F)(F)F.O=S(Cl)Cl. The molecule has 14 atom stereocenters. The van der Waals surface area contributed by atoms with Gasteiger partial charge in [0, 0.05) is 87.5 Å². The van der Waals surface area contributed by atoms with Gasteiger partial charge in [0.2, 0.25) is 27.3 Å². The number of nitrogens with two attached hydrogens (primary N) is 2. The summed E-state index contributed by atoms with van der Waals surface area (Å²) in [6, 6.07) is 22.7. The molecule has 32 heteroatoms. The van der Waals surface area contributed by atoms with E-state index in [1.165, 1.54) is 12.8 Å². The standard InChI is InChI=1S/C23H31N3O4.C20H30ClNO3.C18H25NO3.C14H17NO3.C6H9NO2.C2HF3O.CH4.Cl2OS.ClH/c1-4-25(5-2)21-14(3)6-10-19(21)30-16-7-8-17-15(12-16)13-26(23(17)29)18-9-11-20(27)24-22(18)28;1-5-22(6-2)19-14(4)8-11-18(19)25-16-9-10-17(15(12-16)13-21)20(23)24-7-3;1-4-19(5-2)17-12(3)6-9-16(17)22-14-7-8-15-13(10-14)11-21-18(15)20;1-8-2-5-12(13(8)15)18-10-3-4-11-9(6-10)7-17-14(11)16;7-5-2-1-4(8)3-6(5)9;3-2(4,5)1-6;;1-4(2)3;/h7-8,12,14,18-19,21H,4-6,9-11,13H2,1-3H3,(H,24,27,28);9-10,12,14,18-19H,5-8,11,13H2,1-4H3;7-8,10,12,16-17H,4-6,9,11H2,1-3H3;3-4,6,8,12-13H,2,5,7,15H2,1H3;5H,1-3,7H2;1H;1H4;;1H/t14-,18?,19+,21+;14-,18+,19+;12-,16+,17+;8-,12+,13+;;;;;/m0000...../s1. The van der Waals surface area contributed by atoms with Crippen molar-refractivity contribution < 1.29 is 93.7 Å². The molecule has 4 aromatic rings. The summed E-state index contributed by atoms with van der Waals surface area (Å²) in [6.07, 6.45) is 5.44. The molecule has 4 aromatic carbocycles. The van der Waals surface area contributed by atoms with Crippen LogP contribution in [0, 0.1) is 23.7 Å². The summed E-state index contributed by atoms with van der Waals surface area (Å²) in [5, 5.41) is 2.34. The summed E-state index contributed by atoms with van der Waals surface area (Å²) in [5.41, 5.74) is 17.4. The number of fused-ring (bicyclic) bond motifs is 3. The molecular weight excluding hydrogens is 1610 g/mol. The van der Waals surface area contributed by atoms with Crippen molar-refractivity contribution in [2.45, 2.75) is 260 Å². The van der Waals surface area contributed by atoms with Gasteiger partial charge in [0.05, 0.1) is 35.8 Å². The minimum atomic E-state index is -4.64. The van der Waals surface area contributed by atoms with E-state index in [0.717, 1.165) is 123 Å². The first kappa shape index (κ1) is 99.6. The van der Waals surface area contributed by atoms with Crippen LogP contribution < -0.4 is 35.7 Å². The highest BCUT2D eigenvalue weighted by atomic mass is 36.0. The number of cyclic esters (lactones) is 2. The van der Waals surface area contributed by atoms with Gasteiger partial charge in [0.25, 0.3) is 5.91 Å². The molecule has 116 heavy (non-hydrogen) atoms. The summed E-state index contributed by atoms with van der Waals surface area (Å²) in [5.74, 6) is 4.14. The molecule has 9 aliphatic rings. The Balaban J connectivity index is 0.000000257. The van der Waals surface area contributed by atoms with E-state index in [1.54, 1.807) is 24.0 Å². The predicted molar refractivity (Wildman–Crippen MR) is 443 cm³/mol. The second-order valence-corrected chi connectivity index (χ2v) is 32.7. The Hall–Kier alpha value is -6.99. The van der Waals surface area contributed by atoms with Crippen molar-refractivity contribution in [2.75, 3.05) is 45.9 Å². The third-order valence-corrected chi connectivity index (χ3v) is 22.9. The first-order valence-corrected chi connectivity index (χ1v) is 43.0. The topological polar surface area (TPSA) is 312 Å². The van der Waals surface area contributed by atoms with Gasteiger partial charge in [-0.1, -0.05) is 76.7 Å². The Bertz CT molecular complexity index is 3970. The Morgan fingerprint density at radius 3 is 1.36 bits per heavy atom. The van der Waals surface area contributed by atoms with Crippen LogP contribution in [-0.2, 0) is 73.0 Å². The largest absolute Gasteiger partial charge is 0.489 e. The number of hydrogen-bond donors (Lipinski definition) is 3. The number of Topliss-reactive ketones (excluding diaryl/α,β-unsaturated/α-hetero) is 2. The second kappa shape index (κ2) is 47.7. The number of rotatable bonds is 21. The van der Waals surface area contributed by atoms with E-state index in [0.29, 0.717) is 110 Å². The van der Waals surface area contributed by atoms with Crippen molar-refractivity contribution in [3.05, 3.63) is 117 Å². The summed E-state index contributed by atoms with van der Waals surface area (Å²) in [7, 11) is 7.36. The van der Waals surface area contributed by atoms with E-state index in [-0.39, 0.29) is 122 Å². The third kappa shape index (κ3) is 27.5. The molecule has 4 aliphatic heterocycles. The number of likely N-dealkylation sites (N-methyl/N-ethyl adjacent to an activating group) is 3. The molecule has 13 rings (SSSR count). The van der Waals surface area contributed by atoms with Gasteiger partial charge in [0.1, 0.15) is 72.5 Å². The van der Waals surface area contributed by atoms with Gasteiger partial charge < -0.3 is 49.5 Å². The molecule has 646 valence electrons. The van der Waals surface area contributed by atoms with E-state index >= 15 is 0 Å². The van der Waals surface area contributed by atoms with Crippen molar-refractivity contribution in [1.29, 1.82) is 0 Å². The number of ketones is 2. The highest BCUT2D eigenvalue weighted by molar-refractivity contribution is 8.26. The Morgan fingerprint density at radius 2 is 0.983 bits per heavy atom. The fraction of sp³-hybridized carbons (Fsp3) is 0.607. The van der Waals surface area contributed by atoms with Gasteiger partial charge in [-0.15, -0.1) is 24.0 Å². The number of halogens is 7. The first-order chi connectivity index (χ1) is 54.2. The Kier molecular flexibility index (Phi) is 41.0. The third-order valence-electron chi connectivity index (χ3n) is 22.6. The lowest BCUT2D eigenvalue weighted by Crippen LogP contribution is -2.52. The molecule has 2 unspecified atom stereocenters. The normalized spacial score (nSPS) is 25.3. The molecular formula is C84H118Cl4F3N7O17S. The van der Waals surface area contributed by atoms with Crippen molar-refractivity contribution in [1.82, 2.24) is 24.9 Å². The number of nitrogens with one attached hydrogen (secondary N) is 1. The maximum atomic E-state index is 12.9. The van der Waals surface area contributed by atoms with Crippen LogP contribution in [0.1, 0.15) is 231 Å². The second-order valence-electron chi connectivity index (χ2n) is 29.9. The minimum absolute atomic E-state index is 0. The van der Waals surface area contributed by atoms with Crippen LogP contribution in [0.2, 0.25) is 0 Å². The van der Waals surface area contributed by atoms with Crippen LogP contribution in [0.15, 0.2) is 72.8 Å². The molecule has 6 fully saturated rings. The summed E-state index contributed by atoms with van der Waals surface area (Å²) >= 11 is 6.04. The minimum Gasteiger partial charge on any atom is -0.489 e. The number of hydrogen-bond acceptors (Lipinski definition) is 22. The van der Waals surface area contributed by atoms with Crippen molar-refractivity contribution >= 4 is 108 Å². The first-order valence-electron chi connectivity index (χ1n) is 39.7. The molecule has 5 saturated carbocycles. The van der Waals surface area contributed by atoms with Crippen LogP contribution in [0.25, 0.3) is 0 Å². The van der Waals surface area contributed by atoms with E-state index in [2.05, 4.69) is 111 Å². The summed E-state index contributed by atoms with van der Waals surface area (Å²) < 4.78 is 80.4. The summed E-state index contributed by atoms with van der Waals surface area (Å²) in [4.78, 5) is 110. The average molecular weight is 1730 g/mol. The number of alkyl halides is 4. The Labute approximate surface area is 703 Å². The number of amides is 3. The lowest BCUT2D eigenvalue weighted by Gasteiger charge is -2.34. The molecule has 0 aromatic heterocycles. The molecule has 0 radical (unpaired) electrons. The number of imide groups is 1. The maximum absolute atomic E-state index is 12.9. The number of ether oxygens (including phenoxy) is 7. The zero-order chi connectivity index (χ0) is 83.8. The van der Waals surface area contributed by atoms with E-state index < -0.39 is 27.7 Å². The number of carbonyl (C=O) groups is 9. The number of benzene rings is 4. The predicted octanol–water partition coefficient (Wildman–Crippen LogP) is 14.4. The number of nitrogens with zero attached hydrogens (tertiary/aromatic N) is 4. The fourth-order valence-corrected chi connectivity index (χ4v) is 16.8. The number of piperidine rings is 1. The highest BCUT2D eigenvalue weighted by Gasteiger charge is 2.44. The van der Waals surface area contributed by atoms with E-state index in [1.807, 2.05) is 60.7 Å². The van der Waals surface area contributed by atoms with Crippen LogP contribution >= 0.6 is 45.4 Å². The Morgan fingerprint density at radius 1 is 0.586 bits per heavy atom. The van der Waals surface area contributed by atoms with Crippen LogP contribution in [0.3, 0.4) is 0 Å². The van der Waals surface area contributed by atoms with Gasteiger partial charge in [-0.05, 0) is 218 Å². The van der Waals surface area contributed by atoms with Gasteiger partial charge >= 0.3 is 24.1 Å². The highest BCUT2D eigenvalue weighted by Crippen LogP contribution is 2.39. The molecule has 1 saturated heterocycles. The number of esters is 3. The van der Waals surface area contributed by atoms with Gasteiger partial charge in [-0.3, -0.25) is 48.8 Å². The molecule has 4 heterocycles. The van der Waals surface area contributed by atoms with Gasteiger partial charge in [-0.25, -0.2) is 18.6 Å². The molecule has 0 bridgehead atoms. The molecule has 24 nitrogen and oxygen atoms in total. The number of carbonyl (C=O) groups excluding carboxylic acids is 9. The number of aldehydes is 1. The van der Waals surface area contributed by atoms with E-state index in [9.17, 15) is 51.5 Å². The fourth-order valence-electron chi connectivity index (χ4n) is 16.6. The average Bonchev–Trinajstić information content (AvgIpc) is 1.63.